The molecule has 0 aromatic carbocycles. The van der Waals surface area contributed by atoms with Gasteiger partial charge < -0.3 is 15.2 Å². The van der Waals surface area contributed by atoms with E-state index in [0.717, 1.165) is 0 Å². The van der Waals surface area contributed by atoms with Gasteiger partial charge in [0.15, 0.2) is 0 Å². The predicted octanol–water partition coefficient (Wildman–Crippen LogP) is 1.47. The Kier molecular flexibility index (Phi) is 3.12. The van der Waals surface area contributed by atoms with Gasteiger partial charge in [-0.05, 0) is 33.6 Å². The summed E-state index contributed by atoms with van der Waals surface area (Å²) in [6, 6.07) is -1.00. The maximum absolute atomic E-state index is 13.6. The first-order valence-electron chi connectivity index (χ1n) is 5.07. The molecule has 1 fully saturated rings. The number of carboxylic acid groups (broad SMARTS) is 1. The zero-order valence-electron chi connectivity index (χ0n) is 9.54. The van der Waals surface area contributed by atoms with Crippen molar-refractivity contribution >= 4 is 12.1 Å². The number of ether oxygens (including phenoxy) is 1. The second-order valence-corrected chi connectivity index (χ2v) is 4.91. The van der Waals surface area contributed by atoms with Crippen LogP contribution in [0.1, 0.15) is 33.6 Å². The molecule has 0 aromatic heterocycles. The summed E-state index contributed by atoms with van der Waals surface area (Å²) in [5, 5.41) is 10.9. The smallest absolute Gasteiger partial charge is 0.407 e. The summed E-state index contributed by atoms with van der Waals surface area (Å²) in [4.78, 5) is 21.9. The number of aliphatic carboxylic acids is 1. The first kappa shape index (κ1) is 12.7. The lowest BCUT2D eigenvalue weighted by atomic mass is 9.76. The second-order valence-electron chi connectivity index (χ2n) is 4.91. The molecule has 1 aliphatic rings. The fraction of sp³-hybridized carbons (Fsp3) is 0.800. The van der Waals surface area contributed by atoms with Crippen molar-refractivity contribution in [1.82, 2.24) is 5.32 Å². The number of alkyl carbamates (subject to hydrolysis) is 1. The Morgan fingerprint density at radius 3 is 2.38 bits per heavy atom. The lowest BCUT2D eigenvalue weighted by Crippen LogP contribution is -2.62. The van der Waals surface area contributed by atoms with E-state index in [-0.39, 0.29) is 6.42 Å². The summed E-state index contributed by atoms with van der Waals surface area (Å²) in [6.07, 6.45) is -0.564. The number of nitrogens with one attached hydrogen (secondary N) is 1. The first-order valence-corrected chi connectivity index (χ1v) is 5.07. The van der Waals surface area contributed by atoms with Crippen molar-refractivity contribution in [1.29, 1.82) is 0 Å². The Hall–Kier alpha value is -1.33. The molecule has 1 rings (SSSR count). The number of amides is 1. The second kappa shape index (κ2) is 3.92. The van der Waals surface area contributed by atoms with Crippen LogP contribution in [0.2, 0.25) is 0 Å². The van der Waals surface area contributed by atoms with Crippen LogP contribution in [-0.2, 0) is 9.53 Å². The maximum atomic E-state index is 13.6. The van der Waals surface area contributed by atoms with Crippen LogP contribution in [0.4, 0.5) is 9.18 Å². The highest BCUT2D eigenvalue weighted by Crippen LogP contribution is 2.36. The number of halogens is 1. The Bertz CT molecular complexity index is 312. The number of carboxylic acids is 1. The van der Waals surface area contributed by atoms with Crippen LogP contribution in [0.25, 0.3) is 0 Å². The normalized spacial score (nSPS) is 29.1. The van der Waals surface area contributed by atoms with Gasteiger partial charge in [-0.25, -0.2) is 14.0 Å². The van der Waals surface area contributed by atoms with Crippen LogP contribution in [-0.4, -0.2) is 34.5 Å². The lowest BCUT2D eigenvalue weighted by molar-refractivity contribution is -0.160. The first-order chi connectivity index (χ1) is 7.15. The standard InChI is InChI=1S/C10H16FNO4/c1-9(2,3)16-8(15)12-6-4-5-10(6,11)7(13)14/h6H,4-5H2,1-3H3,(H,12,15)(H,13,14)/t6?,10-/m1/s1. The molecule has 5 nitrogen and oxygen atoms in total. The Morgan fingerprint density at radius 2 is 2.06 bits per heavy atom. The van der Waals surface area contributed by atoms with Gasteiger partial charge in [-0.15, -0.1) is 0 Å². The molecule has 0 spiro atoms. The third-order valence-electron chi connectivity index (χ3n) is 2.40. The predicted molar refractivity (Wildman–Crippen MR) is 53.9 cm³/mol. The van der Waals surface area contributed by atoms with Crippen molar-refractivity contribution in [3.63, 3.8) is 0 Å². The average molecular weight is 233 g/mol. The van der Waals surface area contributed by atoms with E-state index >= 15 is 0 Å². The topological polar surface area (TPSA) is 75.6 Å². The number of hydrogen-bond acceptors (Lipinski definition) is 3. The average Bonchev–Trinajstić information content (AvgIpc) is 2.08. The zero-order chi connectivity index (χ0) is 12.6. The van der Waals surface area contributed by atoms with Crippen molar-refractivity contribution in [3.8, 4) is 0 Å². The van der Waals surface area contributed by atoms with E-state index in [4.69, 9.17) is 9.84 Å². The van der Waals surface area contributed by atoms with E-state index in [0.29, 0.717) is 6.42 Å². The number of alkyl halides is 1. The molecule has 6 heteroatoms. The highest BCUT2D eigenvalue weighted by molar-refractivity contribution is 5.81. The van der Waals surface area contributed by atoms with Gasteiger partial charge in [0.1, 0.15) is 5.60 Å². The van der Waals surface area contributed by atoms with Crippen molar-refractivity contribution in [2.45, 2.75) is 50.9 Å². The van der Waals surface area contributed by atoms with E-state index in [2.05, 4.69) is 5.32 Å². The van der Waals surface area contributed by atoms with Crippen molar-refractivity contribution < 1.29 is 23.8 Å². The molecule has 0 radical (unpaired) electrons. The molecule has 0 heterocycles. The molecule has 1 aliphatic carbocycles. The third-order valence-corrected chi connectivity index (χ3v) is 2.40. The van der Waals surface area contributed by atoms with Gasteiger partial charge >= 0.3 is 12.1 Å². The van der Waals surface area contributed by atoms with Crippen LogP contribution >= 0.6 is 0 Å². The molecular weight excluding hydrogens is 217 g/mol. The van der Waals surface area contributed by atoms with Crippen molar-refractivity contribution in [3.05, 3.63) is 0 Å². The minimum atomic E-state index is -2.35. The number of carbonyl (C=O) groups is 2. The summed E-state index contributed by atoms with van der Waals surface area (Å²) in [5.74, 6) is -1.54. The zero-order valence-corrected chi connectivity index (χ0v) is 9.54. The molecule has 0 bridgehead atoms. The van der Waals surface area contributed by atoms with Gasteiger partial charge in [0, 0.05) is 0 Å². The molecule has 16 heavy (non-hydrogen) atoms. The van der Waals surface area contributed by atoms with Gasteiger partial charge in [-0.3, -0.25) is 0 Å². The monoisotopic (exact) mass is 233 g/mol. The third kappa shape index (κ3) is 2.62. The minimum absolute atomic E-state index is 0.0806. The quantitative estimate of drug-likeness (QED) is 0.757. The van der Waals surface area contributed by atoms with Crippen LogP contribution < -0.4 is 5.32 Å². The molecule has 0 aromatic rings. The summed E-state index contributed by atoms with van der Waals surface area (Å²) in [6.45, 7) is 5.02. The van der Waals surface area contributed by atoms with Gasteiger partial charge in [0.25, 0.3) is 0 Å². The maximum Gasteiger partial charge on any atom is 0.407 e. The summed E-state index contributed by atoms with van der Waals surface area (Å²) < 4.78 is 18.5. The Morgan fingerprint density at radius 1 is 1.50 bits per heavy atom. The fourth-order valence-electron chi connectivity index (χ4n) is 1.43. The molecule has 1 unspecified atom stereocenters. The molecular formula is C10H16FNO4. The van der Waals surface area contributed by atoms with Crippen molar-refractivity contribution in [2.75, 3.05) is 0 Å². The number of rotatable bonds is 2. The van der Waals surface area contributed by atoms with Gasteiger partial charge in [-0.1, -0.05) is 0 Å². The van der Waals surface area contributed by atoms with Gasteiger partial charge in [0.2, 0.25) is 5.67 Å². The summed E-state index contributed by atoms with van der Waals surface area (Å²) in [7, 11) is 0. The van der Waals surface area contributed by atoms with Crippen LogP contribution in [0.3, 0.4) is 0 Å². The van der Waals surface area contributed by atoms with Crippen LogP contribution in [0.15, 0.2) is 0 Å². The minimum Gasteiger partial charge on any atom is -0.479 e. The van der Waals surface area contributed by atoms with Gasteiger partial charge in [-0.2, -0.15) is 0 Å². The number of hydrogen-bond donors (Lipinski definition) is 2. The summed E-state index contributed by atoms with van der Waals surface area (Å²) >= 11 is 0. The fourth-order valence-corrected chi connectivity index (χ4v) is 1.43. The van der Waals surface area contributed by atoms with E-state index in [1.165, 1.54) is 0 Å². The Balaban J connectivity index is 2.51. The van der Waals surface area contributed by atoms with E-state index in [1.54, 1.807) is 20.8 Å². The van der Waals surface area contributed by atoms with Gasteiger partial charge in [0.05, 0.1) is 6.04 Å². The summed E-state index contributed by atoms with van der Waals surface area (Å²) in [5.41, 5.74) is -3.03. The molecule has 92 valence electrons. The highest BCUT2D eigenvalue weighted by atomic mass is 19.1. The molecule has 1 amide bonds. The lowest BCUT2D eigenvalue weighted by Gasteiger charge is -2.39. The molecule has 0 aliphatic heterocycles. The molecule has 0 saturated heterocycles. The molecule has 1 saturated carbocycles. The highest BCUT2D eigenvalue weighted by Gasteiger charge is 2.55. The van der Waals surface area contributed by atoms with Crippen molar-refractivity contribution in [2.24, 2.45) is 0 Å². The van der Waals surface area contributed by atoms with E-state index in [1.807, 2.05) is 0 Å². The van der Waals surface area contributed by atoms with E-state index < -0.39 is 29.4 Å². The molecule has 2 atom stereocenters. The van der Waals surface area contributed by atoms with E-state index in [9.17, 15) is 14.0 Å². The number of carbonyl (C=O) groups excluding carboxylic acids is 1. The largest absolute Gasteiger partial charge is 0.479 e. The Labute approximate surface area is 93.0 Å². The SMILES string of the molecule is CC(C)(C)OC(=O)NC1CC[C@]1(F)C(=O)O. The van der Waals surface area contributed by atoms with Crippen LogP contribution in [0, 0.1) is 0 Å². The van der Waals surface area contributed by atoms with Crippen LogP contribution in [0.5, 0.6) is 0 Å². The molecule has 2 N–H and O–H groups in total.